The molecule has 0 spiro atoms. The maximum atomic E-state index is 13.4. The van der Waals surface area contributed by atoms with Crippen LogP contribution in [0.15, 0.2) is 85.1 Å². The van der Waals surface area contributed by atoms with Crippen LogP contribution in [0.4, 0.5) is 4.79 Å². The summed E-state index contributed by atoms with van der Waals surface area (Å²) in [6, 6.07) is 22.0. The first-order chi connectivity index (χ1) is 17.7. The van der Waals surface area contributed by atoms with E-state index in [0.29, 0.717) is 5.69 Å². The number of aromatic nitrogens is 1. The van der Waals surface area contributed by atoms with Crippen molar-refractivity contribution in [3.63, 3.8) is 0 Å². The molecule has 0 bridgehead atoms. The summed E-state index contributed by atoms with van der Waals surface area (Å²) in [7, 11) is 0. The van der Waals surface area contributed by atoms with Gasteiger partial charge in [0.1, 0.15) is 24.3 Å². The van der Waals surface area contributed by atoms with Gasteiger partial charge in [0, 0.05) is 24.7 Å². The van der Waals surface area contributed by atoms with Crippen molar-refractivity contribution in [2.75, 3.05) is 0 Å². The van der Waals surface area contributed by atoms with E-state index in [-0.39, 0.29) is 19.4 Å². The summed E-state index contributed by atoms with van der Waals surface area (Å²) < 4.78 is 10.9. The first kappa shape index (κ1) is 27.4. The normalized spacial score (nSPS) is 12.6. The smallest absolute Gasteiger partial charge is 0.408 e. The van der Waals surface area contributed by atoms with Gasteiger partial charge in [-0.25, -0.2) is 9.59 Å². The molecule has 0 aliphatic rings. The average Bonchev–Trinajstić information content (AvgIpc) is 2.87. The second kappa shape index (κ2) is 13.2. The minimum absolute atomic E-state index is 0.0777. The maximum absolute atomic E-state index is 13.4. The van der Waals surface area contributed by atoms with Crippen molar-refractivity contribution < 1.29 is 23.9 Å². The Kier molecular flexibility index (Phi) is 9.77. The second-order valence-electron chi connectivity index (χ2n) is 9.57. The highest BCUT2D eigenvalue weighted by Gasteiger charge is 2.30. The van der Waals surface area contributed by atoms with E-state index in [9.17, 15) is 14.4 Å². The van der Waals surface area contributed by atoms with Crippen molar-refractivity contribution in [2.45, 2.75) is 57.9 Å². The van der Waals surface area contributed by atoms with Gasteiger partial charge in [-0.3, -0.25) is 9.78 Å². The number of carbonyl (C=O) groups is 3. The Morgan fingerprint density at radius 1 is 0.784 bits per heavy atom. The first-order valence-electron chi connectivity index (χ1n) is 12.1. The lowest BCUT2D eigenvalue weighted by Gasteiger charge is -2.25. The number of nitrogens with one attached hydrogen (secondary N) is 2. The summed E-state index contributed by atoms with van der Waals surface area (Å²) in [5.41, 5.74) is 1.55. The number of ether oxygens (including phenoxy) is 2. The number of alkyl carbamates (subject to hydrolysis) is 1. The topological polar surface area (TPSA) is 107 Å². The minimum atomic E-state index is -1.02. The molecule has 8 heteroatoms. The second-order valence-corrected chi connectivity index (χ2v) is 9.57. The Labute approximate surface area is 217 Å². The molecule has 8 nitrogen and oxygen atoms in total. The molecule has 0 fully saturated rings. The van der Waals surface area contributed by atoms with Crippen LogP contribution in [0.1, 0.15) is 37.6 Å². The summed E-state index contributed by atoms with van der Waals surface area (Å²) in [4.78, 5) is 43.3. The lowest BCUT2D eigenvalue weighted by atomic mass is 10.0. The highest BCUT2D eigenvalue weighted by Crippen LogP contribution is 2.10. The third-order valence-corrected chi connectivity index (χ3v) is 5.25. The highest BCUT2D eigenvalue weighted by molar-refractivity contribution is 5.90. The van der Waals surface area contributed by atoms with Gasteiger partial charge in [-0.1, -0.05) is 66.7 Å². The number of amides is 2. The summed E-state index contributed by atoms with van der Waals surface area (Å²) in [6.45, 7) is 5.28. The Morgan fingerprint density at radius 2 is 1.41 bits per heavy atom. The third kappa shape index (κ3) is 9.76. The fraction of sp³-hybridized carbons (Fsp3) is 0.310. The number of benzene rings is 2. The molecule has 1 unspecified atom stereocenters. The molecule has 37 heavy (non-hydrogen) atoms. The molecule has 0 saturated heterocycles. The molecule has 1 heterocycles. The van der Waals surface area contributed by atoms with E-state index in [1.165, 1.54) is 0 Å². The van der Waals surface area contributed by atoms with Gasteiger partial charge < -0.3 is 20.1 Å². The number of rotatable bonds is 10. The van der Waals surface area contributed by atoms with Gasteiger partial charge in [0.2, 0.25) is 5.91 Å². The molecule has 0 radical (unpaired) electrons. The molecular formula is C29H33N3O5. The molecule has 0 saturated carbocycles. The molecule has 3 rings (SSSR count). The van der Waals surface area contributed by atoms with E-state index < -0.39 is 35.7 Å². The zero-order valence-corrected chi connectivity index (χ0v) is 21.3. The quantitative estimate of drug-likeness (QED) is 0.405. The predicted octanol–water partition coefficient (Wildman–Crippen LogP) is 3.99. The first-order valence-corrected chi connectivity index (χ1v) is 12.1. The van der Waals surface area contributed by atoms with E-state index in [0.717, 1.165) is 11.1 Å². The van der Waals surface area contributed by atoms with Crippen molar-refractivity contribution in [3.05, 3.63) is 102 Å². The number of nitrogens with zero attached hydrogens (tertiary/aromatic N) is 1. The molecule has 3 aromatic rings. The van der Waals surface area contributed by atoms with Crippen molar-refractivity contribution in [1.29, 1.82) is 0 Å². The SMILES string of the molecule is CC(C)(C)OC(=O)NC(Cc1ccccn1)C(=O)N[C@@H](Cc1ccccc1)C(=O)OCc1ccccc1. The van der Waals surface area contributed by atoms with Crippen molar-refractivity contribution >= 4 is 18.0 Å². The monoisotopic (exact) mass is 503 g/mol. The molecule has 0 aliphatic heterocycles. The van der Waals surface area contributed by atoms with E-state index >= 15 is 0 Å². The lowest BCUT2D eigenvalue weighted by Crippen LogP contribution is -2.54. The Bertz CT molecular complexity index is 1150. The Hall–Kier alpha value is -4.20. The zero-order chi connectivity index (χ0) is 26.7. The summed E-state index contributed by atoms with van der Waals surface area (Å²) in [5.74, 6) is -1.12. The number of hydrogen-bond acceptors (Lipinski definition) is 6. The number of esters is 1. The van der Waals surface area contributed by atoms with Crippen LogP contribution in [-0.2, 0) is 38.5 Å². The van der Waals surface area contributed by atoms with Gasteiger partial charge in [-0.05, 0) is 44.0 Å². The third-order valence-electron chi connectivity index (χ3n) is 5.25. The summed E-state index contributed by atoms with van der Waals surface area (Å²) in [5, 5.41) is 5.40. The molecule has 2 N–H and O–H groups in total. The Balaban J connectivity index is 1.77. The van der Waals surface area contributed by atoms with Crippen LogP contribution in [-0.4, -0.2) is 40.6 Å². The summed E-state index contributed by atoms with van der Waals surface area (Å²) in [6.07, 6.45) is 1.21. The van der Waals surface area contributed by atoms with Crippen LogP contribution in [0.3, 0.4) is 0 Å². The van der Waals surface area contributed by atoms with E-state index in [1.54, 1.807) is 45.2 Å². The maximum Gasteiger partial charge on any atom is 0.408 e. The summed E-state index contributed by atoms with van der Waals surface area (Å²) >= 11 is 0. The standard InChI is InChI=1S/C29H33N3O5/c1-29(2,3)37-28(35)32-24(19-23-16-10-11-17-30-23)26(33)31-25(18-21-12-6-4-7-13-21)27(34)36-20-22-14-8-5-9-15-22/h4-17,24-25H,18-20H2,1-3H3,(H,31,33)(H,32,35)/t24?,25-/m0/s1. The van der Waals surface area contributed by atoms with Crippen molar-refractivity contribution in [1.82, 2.24) is 15.6 Å². The fourth-order valence-electron chi connectivity index (χ4n) is 3.53. The van der Waals surface area contributed by atoms with Crippen LogP contribution < -0.4 is 10.6 Å². The van der Waals surface area contributed by atoms with E-state index in [4.69, 9.17) is 9.47 Å². The molecule has 2 amide bonds. The van der Waals surface area contributed by atoms with Gasteiger partial charge in [0.15, 0.2) is 0 Å². The highest BCUT2D eigenvalue weighted by atomic mass is 16.6. The molecular weight excluding hydrogens is 470 g/mol. The van der Waals surface area contributed by atoms with Gasteiger partial charge in [0.05, 0.1) is 0 Å². The van der Waals surface area contributed by atoms with E-state index in [1.807, 2.05) is 60.7 Å². The van der Waals surface area contributed by atoms with Gasteiger partial charge in [-0.15, -0.1) is 0 Å². The number of hydrogen-bond donors (Lipinski definition) is 2. The van der Waals surface area contributed by atoms with Crippen molar-refractivity contribution in [3.8, 4) is 0 Å². The minimum Gasteiger partial charge on any atom is -0.459 e. The van der Waals surface area contributed by atoms with Crippen LogP contribution in [0.25, 0.3) is 0 Å². The van der Waals surface area contributed by atoms with Crippen molar-refractivity contribution in [2.24, 2.45) is 0 Å². The zero-order valence-electron chi connectivity index (χ0n) is 21.3. The van der Waals surface area contributed by atoms with Gasteiger partial charge in [-0.2, -0.15) is 0 Å². The lowest BCUT2D eigenvalue weighted by molar-refractivity contribution is -0.149. The molecule has 0 aliphatic carbocycles. The van der Waals surface area contributed by atoms with Crippen LogP contribution in [0.5, 0.6) is 0 Å². The van der Waals surface area contributed by atoms with Crippen LogP contribution in [0.2, 0.25) is 0 Å². The van der Waals surface area contributed by atoms with Crippen LogP contribution >= 0.6 is 0 Å². The molecule has 2 aromatic carbocycles. The number of pyridine rings is 1. The molecule has 194 valence electrons. The fourth-order valence-corrected chi connectivity index (χ4v) is 3.53. The molecule has 2 atom stereocenters. The largest absolute Gasteiger partial charge is 0.459 e. The van der Waals surface area contributed by atoms with E-state index in [2.05, 4.69) is 15.6 Å². The number of carbonyl (C=O) groups excluding carboxylic acids is 3. The van der Waals surface area contributed by atoms with Crippen LogP contribution in [0, 0.1) is 0 Å². The van der Waals surface area contributed by atoms with Gasteiger partial charge in [0.25, 0.3) is 0 Å². The van der Waals surface area contributed by atoms with Gasteiger partial charge >= 0.3 is 12.1 Å². The Morgan fingerprint density at radius 3 is 2.00 bits per heavy atom. The average molecular weight is 504 g/mol. The predicted molar refractivity (Wildman–Crippen MR) is 139 cm³/mol. The molecule has 1 aromatic heterocycles.